The van der Waals surface area contributed by atoms with Gasteiger partial charge >= 0.3 is 0 Å². The number of nitrogens with zero attached hydrogens (tertiary/aromatic N) is 2. The first-order chi connectivity index (χ1) is 10.2. The van der Waals surface area contributed by atoms with Crippen LogP contribution in [-0.2, 0) is 0 Å². The minimum atomic E-state index is -0.294. The third-order valence-electron chi connectivity index (χ3n) is 3.16. The highest BCUT2D eigenvalue weighted by molar-refractivity contribution is 5.53. The van der Waals surface area contributed by atoms with Crippen molar-refractivity contribution in [1.82, 2.24) is 10.1 Å². The zero-order valence-electron chi connectivity index (χ0n) is 12.0. The van der Waals surface area contributed by atoms with Gasteiger partial charge in [-0.2, -0.15) is 4.98 Å². The van der Waals surface area contributed by atoms with E-state index >= 15 is 0 Å². The summed E-state index contributed by atoms with van der Waals surface area (Å²) in [5.74, 6) is 1.83. The van der Waals surface area contributed by atoms with Gasteiger partial charge in [-0.05, 0) is 26.0 Å². The molecule has 0 aliphatic heterocycles. The predicted octanol–water partition coefficient (Wildman–Crippen LogP) is 4.19. The molecule has 4 nitrogen and oxygen atoms in total. The Morgan fingerprint density at radius 1 is 1.00 bits per heavy atom. The van der Waals surface area contributed by atoms with E-state index in [0.29, 0.717) is 11.7 Å². The minimum absolute atomic E-state index is 0.294. The van der Waals surface area contributed by atoms with Crippen LogP contribution in [0.5, 0.6) is 5.75 Å². The van der Waals surface area contributed by atoms with Gasteiger partial charge in [-0.25, -0.2) is 0 Å². The highest BCUT2D eigenvalue weighted by Crippen LogP contribution is 2.23. The lowest BCUT2D eigenvalue weighted by molar-refractivity contribution is 0.176. The minimum Gasteiger partial charge on any atom is -0.481 e. The fourth-order valence-corrected chi connectivity index (χ4v) is 1.98. The summed E-state index contributed by atoms with van der Waals surface area (Å²) in [6, 6.07) is 17.6. The van der Waals surface area contributed by atoms with Gasteiger partial charge in [-0.1, -0.05) is 53.2 Å². The molecule has 0 fully saturated rings. The third-order valence-corrected chi connectivity index (χ3v) is 3.16. The van der Waals surface area contributed by atoms with E-state index in [4.69, 9.17) is 9.26 Å². The van der Waals surface area contributed by atoms with Gasteiger partial charge in [0, 0.05) is 5.56 Å². The largest absolute Gasteiger partial charge is 0.481 e. The van der Waals surface area contributed by atoms with Crippen molar-refractivity contribution in [2.24, 2.45) is 0 Å². The number of rotatable bonds is 4. The third kappa shape index (κ3) is 3.11. The summed E-state index contributed by atoms with van der Waals surface area (Å²) in [6.45, 7) is 3.93. The number of hydrogen-bond acceptors (Lipinski definition) is 4. The van der Waals surface area contributed by atoms with Crippen molar-refractivity contribution in [1.29, 1.82) is 0 Å². The quantitative estimate of drug-likeness (QED) is 0.719. The summed E-state index contributed by atoms with van der Waals surface area (Å²) in [6.07, 6.45) is -0.294. The Balaban J connectivity index is 1.75. The second kappa shape index (κ2) is 5.79. The molecule has 0 aliphatic carbocycles. The molecule has 0 bridgehead atoms. The van der Waals surface area contributed by atoms with Crippen LogP contribution in [0.2, 0.25) is 0 Å². The number of hydrogen-bond donors (Lipinski definition) is 0. The van der Waals surface area contributed by atoms with Crippen LogP contribution < -0.4 is 4.74 Å². The topological polar surface area (TPSA) is 48.2 Å². The molecule has 1 heterocycles. The van der Waals surface area contributed by atoms with Crippen LogP contribution in [0.3, 0.4) is 0 Å². The molecule has 1 atom stereocenters. The lowest BCUT2D eigenvalue weighted by Gasteiger charge is -2.10. The Bertz CT molecular complexity index is 705. The van der Waals surface area contributed by atoms with Crippen molar-refractivity contribution in [2.45, 2.75) is 20.0 Å². The fourth-order valence-electron chi connectivity index (χ4n) is 1.98. The highest BCUT2D eigenvalue weighted by Gasteiger charge is 2.16. The molecule has 0 amide bonds. The van der Waals surface area contributed by atoms with Crippen LogP contribution in [0, 0.1) is 6.92 Å². The second-order valence-electron chi connectivity index (χ2n) is 4.90. The van der Waals surface area contributed by atoms with Gasteiger partial charge in [0.2, 0.25) is 5.82 Å². The van der Waals surface area contributed by atoms with E-state index in [0.717, 1.165) is 11.3 Å². The van der Waals surface area contributed by atoms with Gasteiger partial charge in [-0.15, -0.1) is 0 Å². The first kappa shape index (κ1) is 13.4. The van der Waals surface area contributed by atoms with Crippen LogP contribution in [-0.4, -0.2) is 10.1 Å². The van der Waals surface area contributed by atoms with Gasteiger partial charge < -0.3 is 9.26 Å². The van der Waals surface area contributed by atoms with Crippen LogP contribution in [0.4, 0.5) is 0 Å². The zero-order chi connectivity index (χ0) is 14.7. The Kier molecular flexibility index (Phi) is 3.69. The monoisotopic (exact) mass is 280 g/mol. The molecule has 3 aromatic rings. The highest BCUT2D eigenvalue weighted by atomic mass is 16.5. The summed E-state index contributed by atoms with van der Waals surface area (Å²) < 4.78 is 11.1. The summed E-state index contributed by atoms with van der Waals surface area (Å²) >= 11 is 0. The molecule has 0 aliphatic rings. The molecule has 1 aromatic heterocycles. The number of benzene rings is 2. The van der Waals surface area contributed by atoms with Crippen molar-refractivity contribution in [2.75, 3.05) is 0 Å². The molecule has 0 radical (unpaired) electrons. The summed E-state index contributed by atoms with van der Waals surface area (Å²) in [5.41, 5.74) is 2.12. The molecule has 3 rings (SSSR count). The van der Waals surface area contributed by atoms with Gasteiger partial charge in [0.15, 0.2) is 6.10 Å². The number of aromatic nitrogens is 2. The maximum Gasteiger partial charge on any atom is 0.267 e. The summed E-state index contributed by atoms with van der Waals surface area (Å²) in [7, 11) is 0. The van der Waals surface area contributed by atoms with Crippen molar-refractivity contribution in [3.63, 3.8) is 0 Å². The SMILES string of the molecule is Cc1ccc(OC(C)c2nc(-c3ccccc3)no2)cc1. The normalized spacial score (nSPS) is 12.1. The molecule has 106 valence electrons. The average molecular weight is 280 g/mol. The molecule has 21 heavy (non-hydrogen) atoms. The predicted molar refractivity (Wildman–Crippen MR) is 80.0 cm³/mol. The molecule has 0 saturated heterocycles. The van der Waals surface area contributed by atoms with Crippen molar-refractivity contribution in [3.8, 4) is 17.1 Å². The smallest absolute Gasteiger partial charge is 0.267 e. The summed E-state index contributed by atoms with van der Waals surface area (Å²) in [4.78, 5) is 4.39. The van der Waals surface area contributed by atoms with Gasteiger partial charge in [-0.3, -0.25) is 0 Å². The van der Waals surface area contributed by atoms with Crippen LogP contribution >= 0.6 is 0 Å². The standard InChI is InChI=1S/C17H16N2O2/c1-12-8-10-15(11-9-12)20-13(2)17-18-16(19-21-17)14-6-4-3-5-7-14/h3-11,13H,1-2H3. The first-order valence-electron chi connectivity index (χ1n) is 6.85. The van der Waals surface area contributed by atoms with E-state index in [1.165, 1.54) is 5.56 Å². The van der Waals surface area contributed by atoms with Crippen molar-refractivity contribution < 1.29 is 9.26 Å². The number of aryl methyl sites for hydroxylation is 1. The Labute approximate surface area is 123 Å². The van der Waals surface area contributed by atoms with Crippen molar-refractivity contribution in [3.05, 3.63) is 66.1 Å². The molecule has 0 N–H and O–H groups in total. The Morgan fingerprint density at radius 3 is 2.43 bits per heavy atom. The van der Waals surface area contributed by atoms with Gasteiger partial charge in [0.05, 0.1) is 0 Å². The molecule has 2 aromatic carbocycles. The van der Waals surface area contributed by atoms with E-state index < -0.39 is 0 Å². The molecule has 0 spiro atoms. The van der Waals surface area contributed by atoms with E-state index in [2.05, 4.69) is 10.1 Å². The molecule has 4 heteroatoms. The van der Waals surface area contributed by atoms with E-state index in [1.54, 1.807) is 0 Å². The first-order valence-corrected chi connectivity index (χ1v) is 6.85. The maximum absolute atomic E-state index is 5.81. The van der Waals surface area contributed by atoms with Crippen LogP contribution in [0.25, 0.3) is 11.4 Å². The molecule has 1 unspecified atom stereocenters. The van der Waals surface area contributed by atoms with Gasteiger partial charge in [0.1, 0.15) is 5.75 Å². The van der Waals surface area contributed by atoms with Gasteiger partial charge in [0.25, 0.3) is 5.89 Å². The maximum atomic E-state index is 5.81. The molecule has 0 saturated carbocycles. The van der Waals surface area contributed by atoms with E-state index in [-0.39, 0.29) is 6.10 Å². The molecular formula is C17H16N2O2. The van der Waals surface area contributed by atoms with Crippen LogP contribution in [0.15, 0.2) is 59.1 Å². The average Bonchev–Trinajstić information content (AvgIpc) is 3.00. The lowest BCUT2D eigenvalue weighted by atomic mass is 10.2. The van der Waals surface area contributed by atoms with Crippen molar-refractivity contribution >= 4 is 0 Å². The second-order valence-corrected chi connectivity index (χ2v) is 4.90. The van der Waals surface area contributed by atoms with E-state index in [1.807, 2.05) is 68.4 Å². The summed E-state index contributed by atoms with van der Waals surface area (Å²) in [5, 5.41) is 4.00. The van der Waals surface area contributed by atoms with E-state index in [9.17, 15) is 0 Å². The fraction of sp³-hybridized carbons (Fsp3) is 0.176. The number of ether oxygens (including phenoxy) is 1. The lowest BCUT2D eigenvalue weighted by Crippen LogP contribution is -2.03. The zero-order valence-corrected chi connectivity index (χ0v) is 12.0. The molecular weight excluding hydrogens is 264 g/mol. The Hall–Kier alpha value is -2.62. The van der Waals surface area contributed by atoms with Crippen LogP contribution in [0.1, 0.15) is 24.5 Å². The Morgan fingerprint density at radius 2 is 1.71 bits per heavy atom.